The fourth-order valence-electron chi connectivity index (χ4n) is 5.66. The molecule has 298 valence electrons. The Kier molecular flexibility index (Phi) is 10.8. The molecule has 19 nitrogen and oxygen atoms in total. The number of hydrogen-bond donors (Lipinski definition) is 7. The van der Waals surface area contributed by atoms with Crippen LogP contribution in [0, 0.1) is 13.8 Å². The number of nitrogens with two attached hydrogens (primary N) is 1. The van der Waals surface area contributed by atoms with E-state index in [-0.39, 0.29) is 28.6 Å². The Morgan fingerprint density at radius 3 is 1.93 bits per heavy atom. The highest BCUT2D eigenvalue weighted by molar-refractivity contribution is 7.91. The number of carbonyl (C=O) groups excluding carboxylic acids is 2. The molecule has 2 aliphatic rings. The van der Waals surface area contributed by atoms with Crippen LogP contribution in [0.15, 0.2) is 126 Å². The number of carbonyl (C=O) groups is 2. The number of hydrazone groups is 2. The van der Waals surface area contributed by atoms with Crippen molar-refractivity contribution in [2.45, 2.75) is 23.6 Å². The fraction of sp³-hybridized carbons (Fsp3) is 0.0556. The van der Waals surface area contributed by atoms with E-state index in [9.17, 15) is 53.6 Å². The van der Waals surface area contributed by atoms with Gasteiger partial charge in [-0.1, -0.05) is 12.1 Å². The number of Topliss-reactive ketones (excluding diaryl/α,β-unsaturated/α-hetero) is 1. The van der Waals surface area contributed by atoms with E-state index in [1.807, 2.05) is 13.0 Å². The molecule has 0 aliphatic heterocycles. The van der Waals surface area contributed by atoms with Crippen LogP contribution in [-0.2, 0) is 35.1 Å². The molecule has 4 aromatic rings. The number of benzene rings is 4. The Morgan fingerprint density at radius 2 is 1.34 bits per heavy atom. The molecule has 6 rings (SSSR count). The van der Waals surface area contributed by atoms with Crippen LogP contribution in [0.5, 0.6) is 0 Å². The minimum Gasteiger partial charge on any atom is -0.505 e. The maximum Gasteiger partial charge on any atom is 0.296 e. The number of azo groups is 1. The summed E-state index contributed by atoms with van der Waals surface area (Å²) in [7, 11) is -14.9. The summed E-state index contributed by atoms with van der Waals surface area (Å²) >= 11 is 0. The standard InChI is InChI=1S/C36H29N7O12S3/c1-18-13-20(3-10-26(18)39-41-28-12-7-24(44)17-29(28)45)21-4-11-27(19(2)14-21)40-42-34-30(57(50,51)52)15-22-16-31(58(53,54)55)35(36(46)32(22)33(34)37)43-38-23-5-8-25(9-6-23)56(47,48)49/h3-17,38-39,45H,37H2,1-2H3,(H,47,48,49)(H,50,51,52)(H,53,54,55)/b41-28-,42-40?,43-35-. The van der Waals surface area contributed by atoms with Crippen LogP contribution in [0.1, 0.15) is 27.0 Å². The number of fused-ring (bicyclic) bond motifs is 1. The highest BCUT2D eigenvalue weighted by atomic mass is 32.2. The van der Waals surface area contributed by atoms with Gasteiger partial charge >= 0.3 is 0 Å². The van der Waals surface area contributed by atoms with Crippen LogP contribution < -0.4 is 16.6 Å². The molecule has 8 N–H and O–H groups in total. The number of ketones is 2. The van der Waals surface area contributed by atoms with Gasteiger partial charge in [0.2, 0.25) is 5.78 Å². The van der Waals surface area contributed by atoms with Gasteiger partial charge in [-0.25, -0.2) is 0 Å². The minimum absolute atomic E-state index is 0.0148. The summed E-state index contributed by atoms with van der Waals surface area (Å²) in [5.74, 6) is -1.85. The van der Waals surface area contributed by atoms with E-state index in [1.54, 1.807) is 37.3 Å². The predicted molar refractivity (Wildman–Crippen MR) is 213 cm³/mol. The third-order valence-corrected chi connectivity index (χ3v) is 11.2. The molecule has 0 saturated heterocycles. The summed E-state index contributed by atoms with van der Waals surface area (Å²) < 4.78 is 102. The van der Waals surface area contributed by atoms with Gasteiger partial charge in [0.1, 0.15) is 27.0 Å². The number of aliphatic hydroxyl groups is 1. The topological polar surface area (TPSA) is 317 Å². The van der Waals surface area contributed by atoms with Gasteiger partial charge in [0.25, 0.3) is 30.4 Å². The maximum atomic E-state index is 13.8. The van der Waals surface area contributed by atoms with Crippen LogP contribution in [0.2, 0.25) is 0 Å². The Hall–Kier alpha value is -6.69. The number of allylic oxidation sites excluding steroid dienone is 4. The summed E-state index contributed by atoms with van der Waals surface area (Å²) in [6, 6.07) is 15.4. The number of hydrogen-bond acceptors (Lipinski definition) is 16. The molecule has 2 aliphatic carbocycles. The molecule has 4 aromatic carbocycles. The number of rotatable bonds is 10. The van der Waals surface area contributed by atoms with Crippen molar-refractivity contribution in [3.8, 4) is 11.1 Å². The van der Waals surface area contributed by atoms with Crippen LogP contribution in [0.25, 0.3) is 17.2 Å². The second kappa shape index (κ2) is 15.3. The van der Waals surface area contributed by atoms with Crippen molar-refractivity contribution in [2.24, 2.45) is 20.4 Å². The van der Waals surface area contributed by atoms with Crippen LogP contribution in [-0.4, -0.2) is 67.0 Å². The normalized spacial score (nSPS) is 16.1. The molecule has 0 amide bonds. The van der Waals surface area contributed by atoms with Crippen LogP contribution in [0.4, 0.5) is 28.4 Å². The van der Waals surface area contributed by atoms with Gasteiger partial charge in [-0.2, -0.15) is 40.6 Å². The van der Waals surface area contributed by atoms with Crippen LogP contribution >= 0.6 is 0 Å². The smallest absolute Gasteiger partial charge is 0.296 e. The largest absolute Gasteiger partial charge is 0.505 e. The molecule has 0 bridgehead atoms. The lowest BCUT2D eigenvalue weighted by Gasteiger charge is -2.20. The zero-order valence-corrected chi connectivity index (χ0v) is 32.3. The van der Waals surface area contributed by atoms with Crippen molar-refractivity contribution in [1.29, 1.82) is 0 Å². The minimum atomic E-state index is -5.21. The van der Waals surface area contributed by atoms with Crippen molar-refractivity contribution in [1.82, 2.24) is 0 Å². The third-order valence-electron chi connectivity index (χ3n) is 8.56. The van der Waals surface area contributed by atoms with Gasteiger partial charge in [-0.15, -0.1) is 5.11 Å². The van der Waals surface area contributed by atoms with Gasteiger partial charge in [-0.05, 0) is 114 Å². The second-order valence-electron chi connectivity index (χ2n) is 12.6. The molecule has 58 heavy (non-hydrogen) atoms. The monoisotopic (exact) mass is 847 g/mol. The van der Waals surface area contributed by atoms with Crippen molar-refractivity contribution in [2.75, 3.05) is 16.6 Å². The molecule has 0 fully saturated rings. The van der Waals surface area contributed by atoms with Crippen molar-refractivity contribution in [3.63, 3.8) is 0 Å². The molecule has 0 unspecified atom stereocenters. The summed E-state index contributed by atoms with van der Waals surface area (Å²) in [6.45, 7) is 3.52. The zero-order valence-electron chi connectivity index (χ0n) is 29.8. The molecule has 0 atom stereocenters. The molecular formula is C36H29N7O12S3. The Morgan fingerprint density at radius 1 is 0.690 bits per heavy atom. The SMILES string of the molecule is Cc1cc(-c2ccc(N/N=C3/C=CC(=O)C=C3O)c(C)c2)ccc1N=Nc1c(S(=O)(=O)O)cc2c(c1N)C(=O)/C(=N\Nc1ccc(S(=O)(=O)O)cc1)C(S(=O)(=O)O)=C2. The first-order valence-electron chi connectivity index (χ1n) is 16.3. The number of aliphatic hydroxyl groups excluding tert-OH is 1. The first-order chi connectivity index (χ1) is 27.1. The summed E-state index contributed by atoms with van der Waals surface area (Å²) in [5, 5.41) is 26.0. The Bertz CT molecular complexity index is 2990. The quantitative estimate of drug-likeness (QED) is 0.0331. The Labute approximate surface area is 330 Å². The molecule has 0 aromatic heterocycles. The van der Waals surface area contributed by atoms with Crippen molar-refractivity contribution in [3.05, 3.63) is 118 Å². The van der Waals surface area contributed by atoms with Gasteiger partial charge in [0.05, 0.1) is 33.2 Å². The Balaban J connectivity index is 1.32. The van der Waals surface area contributed by atoms with Crippen LogP contribution in [0.3, 0.4) is 0 Å². The second-order valence-corrected chi connectivity index (χ2v) is 16.8. The lowest BCUT2D eigenvalue weighted by molar-refractivity contribution is -0.110. The van der Waals surface area contributed by atoms with E-state index in [2.05, 4.69) is 31.3 Å². The first kappa shape index (κ1) is 41.0. The lowest BCUT2D eigenvalue weighted by Crippen LogP contribution is -2.28. The van der Waals surface area contributed by atoms with Crippen molar-refractivity contribution >= 4 is 87.9 Å². The first-order valence-corrected chi connectivity index (χ1v) is 20.6. The van der Waals surface area contributed by atoms with Gasteiger partial charge in [-0.3, -0.25) is 34.1 Å². The average molecular weight is 848 g/mol. The molecule has 0 saturated carbocycles. The van der Waals surface area contributed by atoms with Gasteiger partial charge < -0.3 is 10.8 Å². The fourth-order valence-corrected chi connectivity index (χ4v) is 7.47. The van der Waals surface area contributed by atoms with Gasteiger partial charge in [0, 0.05) is 6.08 Å². The third kappa shape index (κ3) is 8.66. The molecule has 0 spiro atoms. The number of anilines is 3. The maximum absolute atomic E-state index is 13.8. The number of nitrogens with one attached hydrogen (secondary N) is 2. The van der Waals surface area contributed by atoms with Crippen molar-refractivity contribution < 1.29 is 53.6 Å². The number of nitrogen functional groups attached to an aromatic ring is 1. The van der Waals surface area contributed by atoms with Gasteiger partial charge in [0.15, 0.2) is 11.5 Å². The summed E-state index contributed by atoms with van der Waals surface area (Å²) in [5.41, 5.74) is 12.3. The molecule has 22 heteroatoms. The van der Waals surface area contributed by atoms with E-state index < -0.39 is 79.0 Å². The average Bonchev–Trinajstić information content (AvgIpc) is 3.13. The molecular weight excluding hydrogens is 819 g/mol. The number of aryl methyl sites for hydroxylation is 2. The lowest BCUT2D eigenvalue weighted by atomic mass is 9.92. The highest BCUT2D eigenvalue weighted by Gasteiger charge is 2.37. The summed E-state index contributed by atoms with van der Waals surface area (Å²) in [6.07, 6.45) is 4.41. The highest BCUT2D eigenvalue weighted by Crippen LogP contribution is 2.41. The molecule has 0 heterocycles. The zero-order chi connectivity index (χ0) is 42.3. The summed E-state index contributed by atoms with van der Waals surface area (Å²) in [4.78, 5) is 22.7. The predicted octanol–water partition coefficient (Wildman–Crippen LogP) is 5.70. The van der Waals surface area contributed by atoms with E-state index in [0.29, 0.717) is 17.3 Å². The van der Waals surface area contributed by atoms with E-state index in [4.69, 9.17) is 5.73 Å². The number of nitrogens with zero attached hydrogens (tertiary/aromatic N) is 4. The molecule has 0 radical (unpaired) electrons. The van der Waals surface area contributed by atoms with E-state index in [0.717, 1.165) is 53.1 Å². The van der Waals surface area contributed by atoms with E-state index >= 15 is 0 Å². The van der Waals surface area contributed by atoms with E-state index in [1.165, 1.54) is 12.2 Å².